The number of halogens is 2. The molecule has 0 bridgehead atoms. The minimum Gasteiger partial charge on any atom is -0.389 e. The number of aliphatic hydroxyl groups is 1. The molecule has 0 aromatic heterocycles. The molecule has 1 saturated heterocycles. The predicted molar refractivity (Wildman–Crippen MR) is 82.5 cm³/mol. The van der Waals surface area contributed by atoms with Gasteiger partial charge in [0, 0.05) is 37.7 Å². The second-order valence-electron chi connectivity index (χ2n) is 5.87. The number of benzene rings is 1. The number of methoxy groups -OCH3 is 1. The van der Waals surface area contributed by atoms with Gasteiger partial charge in [0.25, 0.3) is 5.91 Å². The van der Waals surface area contributed by atoms with Crippen LogP contribution in [0.25, 0.3) is 0 Å². The lowest BCUT2D eigenvalue weighted by Crippen LogP contribution is -2.53. The number of likely N-dealkylation sites (tertiary alicyclic amines) is 1. The van der Waals surface area contributed by atoms with E-state index in [1.54, 1.807) is 12.0 Å². The van der Waals surface area contributed by atoms with Crippen molar-refractivity contribution in [1.82, 2.24) is 4.90 Å². The van der Waals surface area contributed by atoms with Gasteiger partial charge in [0.05, 0.1) is 11.2 Å². The van der Waals surface area contributed by atoms with Gasteiger partial charge in [-0.25, -0.2) is 4.39 Å². The standard InChI is InChI=1S/C16H21ClFNO3/c1-11-10-19(7-5-16(11,21)6-8-22-2)15(20)13-4-3-12(17)9-14(13)18/h3-4,9,11,21H,5-8,10H2,1-2H3/t11-,16-/m1/s1. The first-order chi connectivity index (χ1) is 10.4. The van der Waals surface area contributed by atoms with Crippen molar-refractivity contribution in [2.24, 2.45) is 5.92 Å². The average molecular weight is 330 g/mol. The van der Waals surface area contributed by atoms with Crippen molar-refractivity contribution < 1.29 is 19.0 Å². The summed E-state index contributed by atoms with van der Waals surface area (Å²) in [7, 11) is 1.59. The van der Waals surface area contributed by atoms with E-state index < -0.39 is 11.4 Å². The van der Waals surface area contributed by atoms with Crippen LogP contribution in [-0.2, 0) is 4.74 Å². The van der Waals surface area contributed by atoms with E-state index >= 15 is 0 Å². The predicted octanol–water partition coefficient (Wildman–Crippen LogP) is 2.73. The molecule has 1 fully saturated rings. The van der Waals surface area contributed by atoms with Gasteiger partial charge in [0.2, 0.25) is 0 Å². The van der Waals surface area contributed by atoms with Crippen molar-refractivity contribution in [3.8, 4) is 0 Å². The molecular formula is C16H21ClFNO3. The molecule has 1 aliphatic heterocycles. The van der Waals surface area contributed by atoms with Gasteiger partial charge >= 0.3 is 0 Å². The van der Waals surface area contributed by atoms with Crippen molar-refractivity contribution in [3.63, 3.8) is 0 Å². The third-order valence-corrected chi connectivity index (χ3v) is 4.65. The molecule has 1 aromatic carbocycles. The highest BCUT2D eigenvalue weighted by Gasteiger charge is 2.40. The molecule has 1 amide bonds. The van der Waals surface area contributed by atoms with Gasteiger partial charge in [-0.3, -0.25) is 4.79 Å². The lowest BCUT2D eigenvalue weighted by atomic mass is 9.79. The van der Waals surface area contributed by atoms with Crippen LogP contribution in [-0.4, -0.2) is 48.3 Å². The Morgan fingerprint density at radius 1 is 1.59 bits per heavy atom. The molecule has 0 unspecified atom stereocenters. The van der Waals surface area contributed by atoms with Crippen molar-refractivity contribution in [2.45, 2.75) is 25.4 Å². The average Bonchev–Trinajstić information content (AvgIpc) is 2.47. The summed E-state index contributed by atoms with van der Waals surface area (Å²) in [5.41, 5.74) is -0.829. The Morgan fingerprint density at radius 3 is 2.91 bits per heavy atom. The maximum absolute atomic E-state index is 13.9. The van der Waals surface area contributed by atoms with Crippen LogP contribution in [0, 0.1) is 11.7 Å². The van der Waals surface area contributed by atoms with E-state index in [0.717, 1.165) is 6.07 Å². The fourth-order valence-electron chi connectivity index (χ4n) is 2.83. The molecule has 122 valence electrons. The molecule has 1 heterocycles. The zero-order valence-electron chi connectivity index (χ0n) is 12.8. The number of rotatable bonds is 4. The minimum absolute atomic E-state index is 0.0129. The highest BCUT2D eigenvalue weighted by Crippen LogP contribution is 2.32. The minimum atomic E-state index is -0.842. The monoisotopic (exact) mass is 329 g/mol. The zero-order chi connectivity index (χ0) is 16.3. The fraction of sp³-hybridized carbons (Fsp3) is 0.562. The Balaban J connectivity index is 2.08. The Bertz CT molecular complexity index is 554. The van der Waals surface area contributed by atoms with Crippen LogP contribution < -0.4 is 0 Å². The van der Waals surface area contributed by atoms with Gasteiger partial charge in [-0.2, -0.15) is 0 Å². The molecule has 0 spiro atoms. The third-order valence-electron chi connectivity index (χ3n) is 4.41. The van der Waals surface area contributed by atoms with Crippen LogP contribution in [0.5, 0.6) is 0 Å². The Morgan fingerprint density at radius 2 is 2.32 bits per heavy atom. The summed E-state index contributed by atoms with van der Waals surface area (Å²) >= 11 is 5.71. The number of carbonyl (C=O) groups is 1. The van der Waals surface area contributed by atoms with E-state index in [2.05, 4.69) is 0 Å². The summed E-state index contributed by atoms with van der Waals surface area (Å²) in [6.07, 6.45) is 0.987. The first-order valence-corrected chi connectivity index (χ1v) is 7.71. The molecule has 1 aliphatic rings. The maximum atomic E-state index is 13.9. The number of hydrogen-bond acceptors (Lipinski definition) is 3. The molecule has 6 heteroatoms. The van der Waals surface area contributed by atoms with Gasteiger partial charge in [0.15, 0.2) is 0 Å². The van der Waals surface area contributed by atoms with Crippen LogP contribution in [0.1, 0.15) is 30.1 Å². The number of carbonyl (C=O) groups excluding carboxylic acids is 1. The summed E-state index contributed by atoms with van der Waals surface area (Å²) in [6.45, 7) is 3.15. The first-order valence-electron chi connectivity index (χ1n) is 7.33. The molecular weight excluding hydrogens is 309 g/mol. The van der Waals surface area contributed by atoms with Gasteiger partial charge in [-0.05, 0) is 31.0 Å². The number of hydrogen-bond donors (Lipinski definition) is 1. The first kappa shape index (κ1) is 17.2. The summed E-state index contributed by atoms with van der Waals surface area (Å²) in [4.78, 5) is 14.0. The quantitative estimate of drug-likeness (QED) is 0.924. The van der Waals surface area contributed by atoms with Gasteiger partial charge in [-0.1, -0.05) is 18.5 Å². The molecule has 1 aromatic rings. The Labute approximate surface area is 134 Å². The number of ether oxygens (including phenoxy) is 1. The summed E-state index contributed by atoms with van der Waals surface area (Å²) in [6, 6.07) is 4.04. The highest BCUT2D eigenvalue weighted by molar-refractivity contribution is 6.30. The van der Waals surface area contributed by atoms with Gasteiger partial charge < -0.3 is 14.7 Å². The topological polar surface area (TPSA) is 49.8 Å². The van der Waals surface area contributed by atoms with Crippen molar-refractivity contribution in [3.05, 3.63) is 34.6 Å². The number of nitrogens with zero attached hydrogens (tertiary/aromatic N) is 1. The summed E-state index contributed by atoms with van der Waals surface area (Å²) < 4.78 is 18.9. The molecule has 0 saturated carbocycles. The van der Waals surface area contributed by atoms with Crippen LogP contribution in [0.15, 0.2) is 18.2 Å². The highest BCUT2D eigenvalue weighted by atomic mass is 35.5. The molecule has 2 atom stereocenters. The Kier molecular flexibility index (Phi) is 5.42. The van der Waals surface area contributed by atoms with Crippen molar-refractivity contribution >= 4 is 17.5 Å². The lowest BCUT2D eigenvalue weighted by Gasteiger charge is -2.43. The van der Waals surface area contributed by atoms with E-state index in [1.807, 2.05) is 6.92 Å². The van der Waals surface area contributed by atoms with Crippen LogP contribution in [0.3, 0.4) is 0 Å². The largest absolute Gasteiger partial charge is 0.389 e. The van der Waals surface area contributed by atoms with E-state index in [-0.39, 0.29) is 22.4 Å². The van der Waals surface area contributed by atoms with E-state index in [0.29, 0.717) is 32.5 Å². The van der Waals surface area contributed by atoms with Gasteiger partial charge in [-0.15, -0.1) is 0 Å². The lowest BCUT2D eigenvalue weighted by molar-refractivity contribution is -0.0750. The normalized spacial score (nSPS) is 25.3. The summed E-state index contributed by atoms with van der Waals surface area (Å²) in [5, 5.41) is 10.9. The van der Waals surface area contributed by atoms with E-state index in [4.69, 9.17) is 16.3 Å². The molecule has 4 nitrogen and oxygen atoms in total. The smallest absolute Gasteiger partial charge is 0.256 e. The second-order valence-corrected chi connectivity index (χ2v) is 6.31. The Hall–Kier alpha value is -1.17. The molecule has 1 N–H and O–H groups in total. The third kappa shape index (κ3) is 3.59. The van der Waals surface area contributed by atoms with Crippen molar-refractivity contribution in [2.75, 3.05) is 26.8 Å². The van der Waals surface area contributed by atoms with Gasteiger partial charge in [0.1, 0.15) is 5.82 Å². The molecule has 2 rings (SSSR count). The molecule has 0 radical (unpaired) electrons. The van der Waals surface area contributed by atoms with Crippen molar-refractivity contribution in [1.29, 1.82) is 0 Å². The zero-order valence-corrected chi connectivity index (χ0v) is 13.6. The van der Waals surface area contributed by atoms with E-state index in [9.17, 15) is 14.3 Å². The van der Waals surface area contributed by atoms with Crippen LogP contribution in [0.2, 0.25) is 5.02 Å². The second kappa shape index (κ2) is 6.94. The maximum Gasteiger partial charge on any atom is 0.256 e. The van der Waals surface area contributed by atoms with E-state index in [1.165, 1.54) is 12.1 Å². The number of amides is 1. The molecule has 0 aliphatic carbocycles. The molecule has 22 heavy (non-hydrogen) atoms. The number of piperidine rings is 1. The van der Waals surface area contributed by atoms with Crippen LogP contribution in [0.4, 0.5) is 4.39 Å². The summed E-state index contributed by atoms with van der Waals surface area (Å²) in [5.74, 6) is -1.09. The SMILES string of the molecule is COCC[C@]1(O)CCN(C(=O)c2ccc(Cl)cc2F)C[C@H]1C. The van der Waals surface area contributed by atoms with Crippen LogP contribution >= 0.6 is 11.6 Å². The fourth-order valence-corrected chi connectivity index (χ4v) is 2.99.